The molecule has 21 heavy (non-hydrogen) atoms. The third-order valence-corrected chi connectivity index (χ3v) is 2.78. The maximum absolute atomic E-state index is 13.1. The summed E-state index contributed by atoms with van der Waals surface area (Å²) in [4.78, 5) is 33.1. The zero-order valence-corrected chi connectivity index (χ0v) is 11.7. The summed E-state index contributed by atoms with van der Waals surface area (Å²) in [7, 11) is 0. The van der Waals surface area contributed by atoms with Gasteiger partial charge in [-0.2, -0.15) is 0 Å². The van der Waals surface area contributed by atoms with Crippen LogP contribution in [0.2, 0.25) is 5.02 Å². The monoisotopic (exact) mass is 316 g/mol. The molecule has 1 aromatic rings. The highest BCUT2D eigenvalue weighted by molar-refractivity contribution is 6.30. The number of anilines is 1. The number of nitrogens with one attached hydrogen (secondary N) is 2. The van der Waals surface area contributed by atoms with Gasteiger partial charge in [0.25, 0.3) is 0 Å². The highest BCUT2D eigenvalue weighted by Gasteiger charge is 2.09. The van der Waals surface area contributed by atoms with Crippen LogP contribution in [0.25, 0.3) is 0 Å². The number of urea groups is 1. The molecule has 0 spiro atoms. The van der Waals surface area contributed by atoms with Gasteiger partial charge in [0.05, 0.1) is 5.02 Å². The summed E-state index contributed by atoms with van der Waals surface area (Å²) in [5.41, 5.74) is 0.160. The molecule has 114 valence electrons. The van der Waals surface area contributed by atoms with Gasteiger partial charge >= 0.3 is 12.0 Å². The van der Waals surface area contributed by atoms with E-state index in [4.69, 9.17) is 16.7 Å². The second kappa shape index (κ2) is 8.21. The quantitative estimate of drug-likeness (QED) is 0.703. The molecule has 0 fully saturated rings. The van der Waals surface area contributed by atoms with Crippen molar-refractivity contribution < 1.29 is 23.9 Å². The molecule has 0 saturated carbocycles. The predicted molar refractivity (Wildman–Crippen MR) is 74.7 cm³/mol. The number of imide groups is 1. The van der Waals surface area contributed by atoms with Crippen LogP contribution in [-0.4, -0.2) is 23.0 Å². The minimum absolute atomic E-state index is 0.0243. The summed E-state index contributed by atoms with van der Waals surface area (Å²) in [5.74, 6) is -2.15. The van der Waals surface area contributed by atoms with Crippen molar-refractivity contribution in [2.75, 3.05) is 5.32 Å². The number of hydrogen-bond donors (Lipinski definition) is 3. The number of rotatable bonds is 6. The number of unbranched alkanes of at least 4 members (excludes halogenated alkanes) is 1. The van der Waals surface area contributed by atoms with Crippen molar-refractivity contribution in [2.45, 2.75) is 25.7 Å². The van der Waals surface area contributed by atoms with Gasteiger partial charge in [-0.05, 0) is 31.0 Å². The fourth-order valence-corrected chi connectivity index (χ4v) is 1.60. The van der Waals surface area contributed by atoms with Crippen molar-refractivity contribution in [1.82, 2.24) is 5.32 Å². The van der Waals surface area contributed by atoms with Crippen LogP contribution in [0.5, 0.6) is 0 Å². The fourth-order valence-electron chi connectivity index (χ4n) is 1.49. The van der Waals surface area contributed by atoms with Gasteiger partial charge in [0.1, 0.15) is 5.82 Å². The normalized spacial score (nSPS) is 10.0. The Balaban J connectivity index is 2.34. The molecule has 0 heterocycles. The molecular weight excluding hydrogens is 303 g/mol. The number of amides is 3. The molecule has 3 amide bonds. The van der Waals surface area contributed by atoms with Gasteiger partial charge in [-0.25, -0.2) is 9.18 Å². The molecule has 0 aliphatic carbocycles. The summed E-state index contributed by atoms with van der Waals surface area (Å²) in [6.07, 6.45) is 0.729. The highest BCUT2D eigenvalue weighted by atomic mass is 35.5. The Bertz CT molecular complexity index is 551. The van der Waals surface area contributed by atoms with Crippen molar-refractivity contribution in [2.24, 2.45) is 0 Å². The van der Waals surface area contributed by atoms with E-state index in [1.54, 1.807) is 0 Å². The summed E-state index contributed by atoms with van der Waals surface area (Å²) in [6, 6.07) is 2.90. The molecule has 0 aliphatic rings. The Morgan fingerprint density at radius 2 is 1.86 bits per heavy atom. The molecule has 0 saturated heterocycles. The summed E-state index contributed by atoms with van der Waals surface area (Å²) < 4.78 is 13.1. The molecule has 1 rings (SSSR count). The van der Waals surface area contributed by atoms with Crippen molar-refractivity contribution in [1.29, 1.82) is 0 Å². The van der Waals surface area contributed by atoms with E-state index < -0.39 is 23.7 Å². The minimum Gasteiger partial charge on any atom is -0.481 e. The number of carbonyl (C=O) groups is 3. The van der Waals surface area contributed by atoms with Gasteiger partial charge in [-0.15, -0.1) is 0 Å². The molecule has 6 nitrogen and oxygen atoms in total. The van der Waals surface area contributed by atoms with Gasteiger partial charge < -0.3 is 10.4 Å². The van der Waals surface area contributed by atoms with E-state index in [1.165, 1.54) is 12.1 Å². The van der Waals surface area contributed by atoms with Gasteiger partial charge in [-0.3, -0.25) is 14.9 Å². The van der Waals surface area contributed by atoms with E-state index >= 15 is 0 Å². The molecule has 1 aromatic carbocycles. The van der Waals surface area contributed by atoms with E-state index in [0.29, 0.717) is 12.8 Å². The third kappa shape index (κ3) is 6.71. The molecule has 0 bridgehead atoms. The number of carboxylic acid groups (broad SMARTS) is 1. The van der Waals surface area contributed by atoms with Gasteiger partial charge in [0.15, 0.2) is 0 Å². The average molecular weight is 317 g/mol. The Kier molecular flexibility index (Phi) is 6.61. The molecule has 8 heteroatoms. The smallest absolute Gasteiger partial charge is 0.325 e. The SMILES string of the molecule is O=C(O)CCCCC(=O)NC(=O)Nc1ccc(Cl)c(F)c1. The minimum atomic E-state index is -0.932. The number of aliphatic carboxylic acids is 1. The lowest BCUT2D eigenvalue weighted by atomic mass is 10.2. The topological polar surface area (TPSA) is 95.5 Å². The van der Waals surface area contributed by atoms with E-state index in [-0.39, 0.29) is 23.6 Å². The van der Waals surface area contributed by atoms with Crippen LogP contribution in [-0.2, 0) is 9.59 Å². The van der Waals surface area contributed by atoms with Crippen LogP contribution in [0.1, 0.15) is 25.7 Å². The summed E-state index contributed by atoms with van der Waals surface area (Å²) in [5, 5.41) is 12.7. The van der Waals surface area contributed by atoms with Crippen LogP contribution in [0.4, 0.5) is 14.9 Å². The van der Waals surface area contributed by atoms with E-state index in [9.17, 15) is 18.8 Å². The van der Waals surface area contributed by atoms with Crippen molar-refractivity contribution in [3.05, 3.63) is 29.0 Å². The van der Waals surface area contributed by atoms with Crippen LogP contribution >= 0.6 is 11.6 Å². The number of benzene rings is 1. The van der Waals surface area contributed by atoms with Crippen LogP contribution in [0.15, 0.2) is 18.2 Å². The van der Waals surface area contributed by atoms with Crippen LogP contribution < -0.4 is 10.6 Å². The lowest BCUT2D eigenvalue weighted by Crippen LogP contribution is -2.34. The molecule has 0 unspecified atom stereocenters. The Morgan fingerprint density at radius 3 is 2.48 bits per heavy atom. The van der Waals surface area contributed by atoms with Gasteiger partial charge in [-0.1, -0.05) is 11.6 Å². The molecule has 0 radical (unpaired) electrons. The number of halogens is 2. The molecule has 0 aliphatic heterocycles. The van der Waals surface area contributed by atoms with Crippen LogP contribution in [0.3, 0.4) is 0 Å². The Morgan fingerprint density at radius 1 is 1.19 bits per heavy atom. The Hall–Kier alpha value is -2.15. The van der Waals surface area contributed by atoms with E-state index in [1.807, 2.05) is 0 Å². The first kappa shape index (κ1) is 16.9. The first-order valence-electron chi connectivity index (χ1n) is 6.16. The van der Waals surface area contributed by atoms with Gasteiger partial charge in [0, 0.05) is 18.5 Å². The molecule has 3 N–H and O–H groups in total. The summed E-state index contributed by atoms with van der Waals surface area (Å²) in [6.45, 7) is 0. The number of carbonyl (C=O) groups excluding carboxylic acids is 2. The molecule has 0 atom stereocenters. The van der Waals surface area contributed by atoms with E-state index in [0.717, 1.165) is 6.07 Å². The highest BCUT2D eigenvalue weighted by Crippen LogP contribution is 2.18. The molecule has 0 aromatic heterocycles. The zero-order chi connectivity index (χ0) is 15.8. The van der Waals surface area contributed by atoms with Gasteiger partial charge in [0.2, 0.25) is 5.91 Å². The second-order valence-electron chi connectivity index (χ2n) is 4.23. The van der Waals surface area contributed by atoms with Crippen LogP contribution in [0, 0.1) is 5.82 Å². The molecular formula is C13H14ClFN2O4. The Labute approximate surface area is 125 Å². The van der Waals surface area contributed by atoms with Crippen molar-refractivity contribution >= 4 is 35.2 Å². The van der Waals surface area contributed by atoms with E-state index in [2.05, 4.69) is 10.6 Å². The lowest BCUT2D eigenvalue weighted by molar-refractivity contribution is -0.137. The van der Waals surface area contributed by atoms with Crippen molar-refractivity contribution in [3.63, 3.8) is 0 Å². The van der Waals surface area contributed by atoms with Crippen molar-refractivity contribution in [3.8, 4) is 0 Å². The maximum atomic E-state index is 13.1. The zero-order valence-electron chi connectivity index (χ0n) is 11.0. The first-order chi connectivity index (χ1) is 9.88. The number of hydrogen-bond acceptors (Lipinski definition) is 3. The first-order valence-corrected chi connectivity index (χ1v) is 6.54. The second-order valence-corrected chi connectivity index (χ2v) is 4.64. The third-order valence-electron chi connectivity index (χ3n) is 2.47. The predicted octanol–water partition coefficient (Wildman–Crippen LogP) is 2.77. The largest absolute Gasteiger partial charge is 0.481 e. The lowest BCUT2D eigenvalue weighted by Gasteiger charge is -2.07. The standard InChI is InChI=1S/C13H14ClFN2O4/c14-9-6-5-8(7-10(9)15)16-13(21)17-11(18)3-1-2-4-12(19)20/h5-7H,1-4H2,(H,19,20)(H2,16,17,18,21). The fraction of sp³-hybridized carbons (Fsp3) is 0.308. The average Bonchev–Trinajstić information content (AvgIpc) is 2.38. The summed E-state index contributed by atoms with van der Waals surface area (Å²) >= 11 is 5.50. The number of carboxylic acids is 1. The maximum Gasteiger partial charge on any atom is 0.325 e.